The summed E-state index contributed by atoms with van der Waals surface area (Å²) < 4.78 is 28.0. The second kappa shape index (κ2) is 6.89. The van der Waals surface area contributed by atoms with E-state index in [0.717, 1.165) is 19.3 Å². The first-order valence-electron chi connectivity index (χ1n) is 7.75. The zero-order valence-corrected chi connectivity index (χ0v) is 13.7. The van der Waals surface area contributed by atoms with E-state index in [9.17, 15) is 8.42 Å². The SMILES string of the molecule is CCC(NS(=O)(=O)c1n[nH]c(C)c1CN)C1CCCCC1. The molecular formula is C14H26N4O2S. The second-order valence-corrected chi connectivity index (χ2v) is 7.50. The Balaban J connectivity index is 2.18. The quantitative estimate of drug-likeness (QED) is 0.745. The summed E-state index contributed by atoms with van der Waals surface area (Å²) in [6.07, 6.45) is 6.65. The average Bonchev–Trinajstić information content (AvgIpc) is 2.87. The van der Waals surface area contributed by atoms with Gasteiger partial charge in [-0.15, -0.1) is 0 Å². The highest BCUT2D eigenvalue weighted by Gasteiger charge is 2.30. The van der Waals surface area contributed by atoms with Gasteiger partial charge in [-0.2, -0.15) is 5.10 Å². The number of hydrogen-bond acceptors (Lipinski definition) is 4. The Bertz CT molecular complexity index is 562. The molecule has 1 aromatic heterocycles. The molecule has 0 spiro atoms. The number of aromatic nitrogens is 2. The fourth-order valence-electron chi connectivity index (χ4n) is 3.20. The first kappa shape index (κ1) is 16.5. The molecule has 4 N–H and O–H groups in total. The van der Waals surface area contributed by atoms with Crippen molar-refractivity contribution in [2.24, 2.45) is 11.7 Å². The average molecular weight is 314 g/mol. The monoisotopic (exact) mass is 314 g/mol. The molecule has 2 rings (SSSR count). The van der Waals surface area contributed by atoms with E-state index >= 15 is 0 Å². The predicted octanol–water partition coefficient (Wildman–Crippen LogP) is 1.81. The molecule has 0 saturated heterocycles. The summed E-state index contributed by atoms with van der Waals surface area (Å²) in [6, 6.07) is -0.0158. The van der Waals surface area contributed by atoms with Gasteiger partial charge in [-0.25, -0.2) is 13.1 Å². The van der Waals surface area contributed by atoms with Gasteiger partial charge in [0.15, 0.2) is 5.03 Å². The Labute approximate surface area is 126 Å². The Morgan fingerprint density at radius 3 is 2.62 bits per heavy atom. The van der Waals surface area contributed by atoms with Crippen molar-refractivity contribution < 1.29 is 8.42 Å². The highest BCUT2D eigenvalue weighted by atomic mass is 32.2. The number of nitrogens with zero attached hydrogens (tertiary/aromatic N) is 1. The van der Waals surface area contributed by atoms with Crippen molar-refractivity contribution in [2.45, 2.75) is 70.0 Å². The lowest BCUT2D eigenvalue weighted by Crippen LogP contribution is -2.41. The smallest absolute Gasteiger partial charge is 0.260 e. The maximum absolute atomic E-state index is 12.6. The van der Waals surface area contributed by atoms with Gasteiger partial charge < -0.3 is 5.73 Å². The van der Waals surface area contributed by atoms with Gasteiger partial charge in [0.2, 0.25) is 0 Å². The molecular weight excluding hydrogens is 288 g/mol. The van der Waals surface area contributed by atoms with Crippen LogP contribution in [0.3, 0.4) is 0 Å². The molecule has 0 radical (unpaired) electrons. The number of sulfonamides is 1. The van der Waals surface area contributed by atoms with Crippen LogP contribution in [0.15, 0.2) is 5.03 Å². The summed E-state index contributed by atoms with van der Waals surface area (Å²) in [5, 5.41) is 6.70. The van der Waals surface area contributed by atoms with Crippen LogP contribution in [-0.2, 0) is 16.6 Å². The van der Waals surface area contributed by atoms with Crippen molar-refractivity contribution in [3.63, 3.8) is 0 Å². The summed E-state index contributed by atoms with van der Waals surface area (Å²) in [6.45, 7) is 3.98. The van der Waals surface area contributed by atoms with Gasteiger partial charge in [-0.1, -0.05) is 26.2 Å². The van der Waals surface area contributed by atoms with Crippen LogP contribution in [0.1, 0.15) is 56.7 Å². The van der Waals surface area contributed by atoms with Crippen LogP contribution >= 0.6 is 0 Å². The molecule has 21 heavy (non-hydrogen) atoms. The number of rotatable bonds is 6. The van der Waals surface area contributed by atoms with Gasteiger partial charge >= 0.3 is 0 Å². The maximum atomic E-state index is 12.6. The number of aryl methyl sites for hydroxylation is 1. The molecule has 1 atom stereocenters. The first-order chi connectivity index (χ1) is 9.99. The molecule has 6 nitrogen and oxygen atoms in total. The van der Waals surface area contributed by atoms with Crippen molar-refractivity contribution in [3.05, 3.63) is 11.3 Å². The summed E-state index contributed by atoms with van der Waals surface area (Å²) in [5.41, 5.74) is 6.93. The zero-order valence-electron chi connectivity index (χ0n) is 12.9. The highest BCUT2D eigenvalue weighted by molar-refractivity contribution is 7.89. The number of nitrogens with two attached hydrogens (primary N) is 1. The van der Waals surface area contributed by atoms with Gasteiger partial charge in [0, 0.05) is 23.8 Å². The van der Waals surface area contributed by atoms with Crippen LogP contribution in [0, 0.1) is 12.8 Å². The minimum atomic E-state index is -3.62. The molecule has 1 fully saturated rings. The summed E-state index contributed by atoms with van der Waals surface area (Å²) in [7, 11) is -3.62. The Morgan fingerprint density at radius 2 is 2.05 bits per heavy atom. The van der Waals surface area contributed by atoms with E-state index in [1.165, 1.54) is 19.3 Å². The molecule has 0 bridgehead atoms. The molecule has 1 aliphatic rings. The van der Waals surface area contributed by atoms with Gasteiger partial charge in [-0.05, 0) is 32.1 Å². The van der Waals surface area contributed by atoms with E-state index in [1.807, 2.05) is 6.92 Å². The Morgan fingerprint density at radius 1 is 1.38 bits per heavy atom. The largest absolute Gasteiger partial charge is 0.326 e. The molecule has 1 aliphatic carbocycles. The molecule has 1 saturated carbocycles. The number of nitrogens with one attached hydrogen (secondary N) is 2. The van der Waals surface area contributed by atoms with E-state index in [1.54, 1.807) is 6.92 Å². The Kier molecular flexibility index (Phi) is 5.40. The van der Waals surface area contributed by atoms with Crippen molar-refractivity contribution >= 4 is 10.0 Å². The lowest BCUT2D eigenvalue weighted by molar-refractivity contribution is 0.285. The van der Waals surface area contributed by atoms with Crippen LogP contribution in [0.4, 0.5) is 0 Å². The van der Waals surface area contributed by atoms with Crippen molar-refractivity contribution in [1.82, 2.24) is 14.9 Å². The van der Waals surface area contributed by atoms with Gasteiger partial charge in [0.1, 0.15) is 0 Å². The van der Waals surface area contributed by atoms with Gasteiger partial charge in [-0.3, -0.25) is 5.10 Å². The fourth-order valence-corrected chi connectivity index (χ4v) is 4.79. The molecule has 0 aliphatic heterocycles. The lowest BCUT2D eigenvalue weighted by Gasteiger charge is -2.29. The summed E-state index contributed by atoms with van der Waals surface area (Å²) >= 11 is 0. The number of H-pyrrole nitrogens is 1. The molecule has 7 heteroatoms. The molecule has 0 amide bonds. The second-order valence-electron chi connectivity index (χ2n) is 5.87. The highest BCUT2D eigenvalue weighted by Crippen LogP contribution is 2.28. The molecule has 1 heterocycles. The topological polar surface area (TPSA) is 101 Å². The summed E-state index contributed by atoms with van der Waals surface area (Å²) in [5.74, 6) is 0.430. The molecule has 1 unspecified atom stereocenters. The van der Waals surface area contributed by atoms with Crippen molar-refractivity contribution in [1.29, 1.82) is 0 Å². The number of aromatic amines is 1. The van der Waals surface area contributed by atoms with E-state index in [2.05, 4.69) is 14.9 Å². The third kappa shape index (κ3) is 3.64. The van der Waals surface area contributed by atoms with Gasteiger partial charge in [0.25, 0.3) is 10.0 Å². The van der Waals surface area contributed by atoms with Crippen LogP contribution in [0.5, 0.6) is 0 Å². The fraction of sp³-hybridized carbons (Fsp3) is 0.786. The van der Waals surface area contributed by atoms with Gasteiger partial charge in [0.05, 0.1) is 0 Å². The van der Waals surface area contributed by atoms with E-state index in [-0.39, 0.29) is 17.6 Å². The Hall–Kier alpha value is -0.920. The third-order valence-corrected chi connectivity index (χ3v) is 5.92. The maximum Gasteiger partial charge on any atom is 0.260 e. The lowest BCUT2D eigenvalue weighted by atomic mass is 9.83. The van der Waals surface area contributed by atoms with Crippen LogP contribution in [0.25, 0.3) is 0 Å². The zero-order chi connectivity index (χ0) is 15.5. The van der Waals surface area contributed by atoms with Crippen LogP contribution < -0.4 is 10.5 Å². The van der Waals surface area contributed by atoms with Crippen LogP contribution in [0.2, 0.25) is 0 Å². The molecule has 0 aromatic carbocycles. The molecule has 120 valence electrons. The third-order valence-electron chi connectivity index (χ3n) is 4.46. The predicted molar refractivity (Wildman–Crippen MR) is 82.2 cm³/mol. The van der Waals surface area contributed by atoms with E-state index in [4.69, 9.17) is 5.73 Å². The first-order valence-corrected chi connectivity index (χ1v) is 9.24. The van der Waals surface area contributed by atoms with Crippen molar-refractivity contribution in [3.8, 4) is 0 Å². The van der Waals surface area contributed by atoms with Crippen molar-refractivity contribution in [2.75, 3.05) is 0 Å². The minimum Gasteiger partial charge on any atom is -0.326 e. The van der Waals surface area contributed by atoms with E-state index < -0.39 is 10.0 Å². The minimum absolute atomic E-state index is 0.0158. The number of hydrogen-bond donors (Lipinski definition) is 3. The van der Waals surface area contributed by atoms with E-state index in [0.29, 0.717) is 17.2 Å². The normalized spacial score (nSPS) is 18.8. The molecule has 1 aromatic rings. The standard InChI is InChI=1S/C14H26N4O2S/c1-3-13(11-7-5-4-6-8-11)18-21(19,20)14-12(9-15)10(2)16-17-14/h11,13,18H,3-9,15H2,1-2H3,(H,16,17). The van der Waals surface area contributed by atoms with Crippen LogP contribution in [-0.4, -0.2) is 24.7 Å². The summed E-state index contributed by atoms with van der Waals surface area (Å²) in [4.78, 5) is 0.